The molecule has 17 heavy (non-hydrogen) atoms. The summed E-state index contributed by atoms with van der Waals surface area (Å²) in [5.41, 5.74) is 5.75. The van der Waals surface area contributed by atoms with Crippen LogP contribution in [0.15, 0.2) is 17.6 Å². The molecule has 0 aliphatic carbocycles. The molecule has 0 spiro atoms. The van der Waals surface area contributed by atoms with Crippen molar-refractivity contribution in [3.05, 3.63) is 12.5 Å². The molecule has 0 radical (unpaired) electrons. The lowest BCUT2D eigenvalue weighted by Gasteiger charge is -2.10. The molecule has 98 valence electrons. The molecule has 7 heteroatoms. The van der Waals surface area contributed by atoms with E-state index < -0.39 is 10.0 Å². The van der Waals surface area contributed by atoms with E-state index in [4.69, 9.17) is 5.73 Å². The summed E-state index contributed by atoms with van der Waals surface area (Å²) < 4.78 is 27.8. The second kappa shape index (κ2) is 6.13. The molecule has 0 fully saturated rings. The zero-order valence-electron chi connectivity index (χ0n) is 10.3. The third kappa shape index (κ3) is 4.10. The van der Waals surface area contributed by atoms with Crippen LogP contribution in [0.25, 0.3) is 0 Å². The van der Waals surface area contributed by atoms with Crippen LogP contribution in [0.5, 0.6) is 0 Å². The van der Waals surface area contributed by atoms with E-state index >= 15 is 0 Å². The molecule has 1 rings (SSSR count). The normalized spacial score (nSPS) is 13.8. The van der Waals surface area contributed by atoms with Gasteiger partial charge in [-0.05, 0) is 13.3 Å². The van der Waals surface area contributed by atoms with Gasteiger partial charge in [0.15, 0.2) is 5.03 Å². The van der Waals surface area contributed by atoms with Gasteiger partial charge < -0.3 is 10.3 Å². The second-order valence-electron chi connectivity index (χ2n) is 3.94. The molecule has 3 N–H and O–H groups in total. The number of imidazole rings is 1. The van der Waals surface area contributed by atoms with Crippen LogP contribution < -0.4 is 10.5 Å². The Balaban J connectivity index is 2.62. The fraction of sp³-hybridized carbons (Fsp3) is 0.700. The Morgan fingerprint density at radius 3 is 2.76 bits per heavy atom. The Morgan fingerprint density at radius 1 is 1.53 bits per heavy atom. The quantitative estimate of drug-likeness (QED) is 0.738. The molecule has 1 heterocycles. The van der Waals surface area contributed by atoms with Gasteiger partial charge in [-0.3, -0.25) is 0 Å². The van der Waals surface area contributed by atoms with Crippen LogP contribution >= 0.6 is 0 Å². The average molecular weight is 260 g/mol. The maximum absolute atomic E-state index is 11.8. The molecule has 1 aromatic rings. The van der Waals surface area contributed by atoms with Crippen LogP contribution in [-0.4, -0.2) is 30.6 Å². The molecule has 0 amide bonds. The number of sulfonamides is 1. The van der Waals surface area contributed by atoms with Gasteiger partial charge >= 0.3 is 0 Å². The lowest BCUT2D eigenvalue weighted by atomic mass is 10.2. The number of aromatic nitrogens is 2. The summed E-state index contributed by atoms with van der Waals surface area (Å²) in [6, 6.07) is -0.150. The van der Waals surface area contributed by atoms with Crippen molar-refractivity contribution < 1.29 is 8.42 Å². The van der Waals surface area contributed by atoms with Gasteiger partial charge in [0.2, 0.25) is 0 Å². The molecule has 0 aliphatic rings. The van der Waals surface area contributed by atoms with Crippen LogP contribution in [0.2, 0.25) is 0 Å². The zero-order chi connectivity index (χ0) is 12.9. The fourth-order valence-corrected chi connectivity index (χ4v) is 2.46. The summed E-state index contributed by atoms with van der Waals surface area (Å²) in [6.45, 7) is 4.87. The van der Waals surface area contributed by atoms with Gasteiger partial charge in [0.25, 0.3) is 10.0 Å². The summed E-state index contributed by atoms with van der Waals surface area (Å²) in [6.07, 6.45) is 4.74. The Morgan fingerprint density at radius 2 is 2.24 bits per heavy atom. The van der Waals surface area contributed by atoms with E-state index in [1.54, 1.807) is 4.57 Å². The average Bonchev–Trinajstić information content (AvgIpc) is 2.76. The Bertz CT molecular complexity index is 441. The van der Waals surface area contributed by atoms with E-state index in [1.807, 2.05) is 13.8 Å². The molecule has 1 atom stereocenters. The number of hydrogen-bond acceptors (Lipinski definition) is 4. The van der Waals surface area contributed by atoms with Crippen LogP contribution in [-0.2, 0) is 16.6 Å². The molecule has 0 aromatic carbocycles. The number of nitrogens with one attached hydrogen (secondary N) is 1. The summed E-state index contributed by atoms with van der Waals surface area (Å²) >= 11 is 0. The van der Waals surface area contributed by atoms with E-state index in [0.717, 1.165) is 12.8 Å². The monoisotopic (exact) mass is 260 g/mol. The minimum absolute atomic E-state index is 0.0445. The van der Waals surface area contributed by atoms with Gasteiger partial charge in [-0.1, -0.05) is 13.3 Å². The molecule has 0 aliphatic heterocycles. The molecular weight excluding hydrogens is 240 g/mol. The SMILES string of the molecule is CCCC(N)CNS(=O)(=O)c1cn(CC)cn1. The van der Waals surface area contributed by atoms with Crippen LogP contribution in [0.1, 0.15) is 26.7 Å². The van der Waals surface area contributed by atoms with Crippen molar-refractivity contribution in [1.82, 2.24) is 14.3 Å². The number of aryl methyl sites for hydroxylation is 1. The van der Waals surface area contributed by atoms with E-state index in [2.05, 4.69) is 9.71 Å². The lowest BCUT2D eigenvalue weighted by Crippen LogP contribution is -2.37. The van der Waals surface area contributed by atoms with Gasteiger partial charge in [-0.2, -0.15) is 0 Å². The first kappa shape index (κ1) is 14.1. The summed E-state index contributed by atoms with van der Waals surface area (Å²) in [5, 5.41) is 0.0445. The highest BCUT2D eigenvalue weighted by Gasteiger charge is 2.17. The maximum atomic E-state index is 11.8. The molecule has 0 bridgehead atoms. The van der Waals surface area contributed by atoms with E-state index in [1.165, 1.54) is 12.5 Å². The van der Waals surface area contributed by atoms with Crippen molar-refractivity contribution in [2.75, 3.05) is 6.54 Å². The first-order chi connectivity index (χ1) is 7.99. The standard InChI is InChI=1S/C10H20N4O2S/c1-3-5-9(11)6-13-17(15,16)10-7-14(4-2)8-12-10/h7-9,13H,3-6,11H2,1-2H3. The summed E-state index contributed by atoms with van der Waals surface area (Å²) in [7, 11) is -3.52. The molecule has 6 nitrogen and oxygen atoms in total. The van der Waals surface area contributed by atoms with Gasteiger partial charge in [0, 0.05) is 25.3 Å². The van der Waals surface area contributed by atoms with Crippen molar-refractivity contribution in [3.8, 4) is 0 Å². The number of nitrogens with two attached hydrogens (primary N) is 1. The molecular formula is C10H20N4O2S. The first-order valence-electron chi connectivity index (χ1n) is 5.76. The molecule has 0 saturated carbocycles. The van der Waals surface area contributed by atoms with E-state index in [0.29, 0.717) is 6.54 Å². The first-order valence-corrected chi connectivity index (χ1v) is 7.25. The van der Waals surface area contributed by atoms with Crippen molar-refractivity contribution in [3.63, 3.8) is 0 Å². The fourth-order valence-electron chi connectivity index (χ4n) is 1.41. The Hall–Kier alpha value is -0.920. The van der Waals surface area contributed by atoms with E-state index in [-0.39, 0.29) is 17.6 Å². The molecule has 1 unspecified atom stereocenters. The summed E-state index contributed by atoms with van der Waals surface area (Å²) in [4.78, 5) is 3.85. The Labute approximate surface area is 102 Å². The van der Waals surface area contributed by atoms with Crippen molar-refractivity contribution in [2.24, 2.45) is 5.73 Å². The van der Waals surface area contributed by atoms with Gasteiger partial charge in [0.05, 0.1) is 6.33 Å². The van der Waals surface area contributed by atoms with Crippen LogP contribution in [0.4, 0.5) is 0 Å². The zero-order valence-corrected chi connectivity index (χ0v) is 11.1. The third-order valence-corrected chi connectivity index (χ3v) is 3.75. The highest BCUT2D eigenvalue weighted by atomic mass is 32.2. The topological polar surface area (TPSA) is 90.0 Å². The predicted octanol–water partition coefficient (Wildman–Crippen LogP) is 0.309. The number of rotatable bonds is 7. The highest BCUT2D eigenvalue weighted by molar-refractivity contribution is 7.89. The van der Waals surface area contributed by atoms with Gasteiger partial charge in [0.1, 0.15) is 0 Å². The van der Waals surface area contributed by atoms with Crippen LogP contribution in [0.3, 0.4) is 0 Å². The largest absolute Gasteiger partial charge is 0.336 e. The van der Waals surface area contributed by atoms with E-state index in [9.17, 15) is 8.42 Å². The van der Waals surface area contributed by atoms with Crippen molar-refractivity contribution in [2.45, 2.75) is 44.3 Å². The molecule has 1 aromatic heterocycles. The number of hydrogen-bond donors (Lipinski definition) is 2. The second-order valence-corrected chi connectivity index (χ2v) is 5.66. The lowest BCUT2D eigenvalue weighted by molar-refractivity contribution is 0.550. The Kier molecular flexibility index (Phi) is 5.10. The summed E-state index contributed by atoms with van der Waals surface area (Å²) in [5.74, 6) is 0. The predicted molar refractivity (Wildman–Crippen MR) is 66.0 cm³/mol. The maximum Gasteiger partial charge on any atom is 0.259 e. The van der Waals surface area contributed by atoms with Crippen molar-refractivity contribution >= 4 is 10.0 Å². The smallest absolute Gasteiger partial charge is 0.259 e. The van der Waals surface area contributed by atoms with Crippen molar-refractivity contribution in [1.29, 1.82) is 0 Å². The highest BCUT2D eigenvalue weighted by Crippen LogP contribution is 2.05. The number of nitrogens with zero attached hydrogens (tertiary/aromatic N) is 2. The molecule has 0 saturated heterocycles. The van der Waals surface area contributed by atoms with Crippen LogP contribution in [0, 0.1) is 0 Å². The third-order valence-electron chi connectivity index (χ3n) is 2.45. The minimum Gasteiger partial charge on any atom is -0.336 e. The minimum atomic E-state index is -3.52. The van der Waals surface area contributed by atoms with Gasteiger partial charge in [-0.15, -0.1) is 0 Å². The van der Waals surface area contributed by atoms with Gasteiger partial charge in [-0.25, -0.2) is 18.1 Å².